The molecular weight excluding hydrogens is 290 g/mol. The van der Waals surface area contributed by atoms with E-state index in [1.165, 1.54) is 19.4 Å². The molecule has 3 aliphatic heterocycles. The van der Waals surface area contributed by atoms with Gasteiger partial charge >= 0.3 is 0 Å². The molecule has 0 N–H and O–H groups in total. The molecule has 124 valence electrons. The van der Waals surface area contributed by atoms with Crippen LogP contribution in [-0.4, -0.2) is 65.6 Å². The molecule has 3 aliphatic rings. The Balaban J connectivity index is 1.40. The monoisotopic (exact) mass is 315 g/mol. The molecule has 2 unspecified atom stereocenters. The van der Waals surface area contributed by atoms with Crippen LogP contribution in [0.4, 0.5) is 0 Å². The zero-order valence-electron chi connectivity index (χ0n) is 13.6. The van der Waals surface area contributed by atoms with E-state index in [2.05, 4.69) is 14.8 Å². The van der Waals surface area contributed by atoms with Crippen LogP contribution in [0.2, 0.25) is 0 Å². The van der Waals surface area contributed by atoms with Crippen molar-refractivity contribution in [3.05, 3.63) is 30.1 Å². The average Bonchev–Trinajstić information content (AvgIpc) is 3.19. The number of likely N-dealkylation sites (tertiary alicyclic amines) is 2. The van der Waals surface area contributed by atoms with Gasteiger partial charge in [0.05, 0.1) is 0 Å². The smallest absolute Gasteiger partial charge is 0.272 e. The summed E-state index contributed by atoms with van der Waals surface area (Å²) < 4.78 is 5.47. The van der Waals surface area contributed by atoms with Crippen molar-refractivity contribution in [3.63, 3.8) is 0 Å². The second kappa shape index (κ2) is 6.57. The maximum atomic E-state index is 12.7. The molecule has 5 heteroatoms. The first-order valence-electron chi connectivity index (χ1n) is 8.87. The van der Waals surface area contributed by atoms with Gasteiger partial charge in [-0.05, 0) is 43.7 Å². The van der Waals surface area contributed by atoms with E-state index in [0.29, 0.717) is 17.8 Å². The maximum absolute atomic E-state index is 12.7. The molecule has 3 fully saturated rings. The molecule has 0 saturated carbocycles. The summed E-state index contributed by atoms with van der Waals surface area (Å²) in [7, 11) is 0. The zero-order valence-corrected chi connectivity index (χ0v) is 13.6. The molecule has 2 atom stereocenters. The number of aromatic nitrogens is 1. The third kappa shape index (κ3) is 3.00. The Kier molecular flexibility index (Phi) is 4.31. The van der Waals surface area contributed by atoms with E-state index in [0.717, 1.165) is 45.1 Å². The van der Waals surface area contributed by atoms with Crippen molar-refractivity contribution in [2.75, 3.05) is 32.8 Å². The van der Waals surface area contributed by atoms with Crippen LogP contribution >= 0.6 is 0 Å². The topological polar surface area (TPSA) is 45.7 Å². The molecule has 1 amide bonds. The maximum Gasteiger partial charge on any atom is 0.272 e. The van der Waals surface area contributed by atoms with Crippen LogP contribution in [0.15, 0.2) is 24.4 Å². The lowest BCUT2D eigenvalue weighted by Crippen LogP contribution is -2.41. The van der Waals surface area contributed by atoms with Gasteiger partial charge in [-0.3, -0.25) is 14.7 Å². The number of hydrogen-bond acceptors (Lipinski definition) is 4. The minimum Gasteiger partial charge on any atom is -0.381 e. The predicted molar refractivity (Wildman–Crippen MR) is 87.2 cm³/mol. The van der Waals surface area contributed by atoms with Crippen LogP contribution in [-0.2, 0) is 4.74 Å². The van der Waals surface area contributed by atoms with Crippen molar-refractivity contribution in [1.29, 1.82) is 0 Å². The van der Waals surface area contributed by atoms with Gasteiger partial charge in [0, 0.05) is 51.1 Å². The Morgan fingerprint density at radius 3 is 2.74 bits per heavy atom. The van der Waals surface area contributed by atoms with Crippen molar-refractivity contribution >= 4 is 5.91 Å². The first kappa shape index (κ1) is 15.1. The lowest BCUT2D eigenvalue weighted by Gasteiger charge is -2.30. The number of pyridine rings is 1. The Labute approximate surface area is 137 Å². The summed E-state index contributed by atoms with van der Waals surface area (Å²) in [5.41, 5.74) is 0.580. The van der Waals surface area contributed by atoms with E-state index in [4.69, 9.17) is 4.74 Å². The fourth-order valence-electron chi connectivity index (χ4n) is 4.45. The highest BCUT2D eigenvalue weighted by Crippen LogP contribution is 2.33. The third-order valence-corrected chi connectivity index (χ3v) is 5.67. The number of carbonyl (C=O) groups excluding carboxylic acids is 1. The number of rotatable bonds is 3. The molecule has 0 aliphatic carbocycles. The van der Waals surface area contributed by atoms with Crippen molar-refractivity contribution in [2.24, 2.45) is 5.92 Å². The molecule has 0 aromatic carbocycles. The van der Waals surface area contributed by atoms with E-state index in [9.17, 15) is 4.79 Å². The van der Waals surface area contributed by atoms with E-state index < -0.39 is 0 Å². The molecule has 0 radical (unpaired) electrons. The van der Waals surface area contributed by atoms with Crippen LogP contribution in [0.5, 0.6) is 0 Å². The van der Waals surface area contributed by atoms with Crippen LogP contribution < -0.4 is 0 Å². The summed E-state index contributed by atoms with van der Waals surface area (Å²) in [6, 6.07) is 6.49. The summed E-state index contributed by atoms with van der Waals surface area (Å²) >= 11 is 0. The Morgan fingerprint density at radius 2 is 1.96 bits per heavy atom. The number of amides is 1. The summed E-state index contributed by atoms with van der Waals surface area (Å²) in [6.07, 6.45) is 6.28. The first-order valence-corrected chi connectivity index (χ1v) is 8.87. The van der Waals surface area contributed by atoms with Gasteiger partial charge in [-0.1, -0.05) is 6.07 Å². The molecule has 5 nitrogen and oxygen atoms in total. The van der Waals surface area contributed by atoms with Crippen LogP contribution in [0.3, 0.4) is 0 Å². The highest BCUT2D eigenvalue weighted by molar-refractivity contribution is 5.92. The molecule has 3 saturated heterocycles. The van der Waals surface area contributed by atoms with Gasteiger partial charge in [-0.25, -0.2) is 0 Å². The van der Waals surface area contributed by atoms with E-state index >= 15 is 0 Å². The van der Waals surface area contributed by atoms with Gasteiger partial charge in [-0.2, -0.15) is 0 Å². The second-order valence-corrected chi connectivity index (χ2v) is 6.98. The normalized spacial score (nSPS) is 29.0. The van der Waals surface area contributed by atoms with Gasteiger partial charge in [0.2, 0.25) is 0 Å². The molecule has 23 heavy (non-hydrogen) atoms. The molecule has 4 rings (SSSR count). The average molecular weight is 315 g/mol. The minimum atomic E-state index is 0.103. The van der Waals surface area contributed by atoms with Crippen LogP contribution in [0.1, 0.15) is 36.2 Å². The molecule has 0 bridgehead atoms. The summed E-state index contributed by atoms with van der Waals surface area (Å²) in [4.78, 5) is 21.6. The van der Waals surface area contributed by atoms with Crippen molar-refractivity contribution in [2.45, 2.75) is 37.8 Å². The van der Waals surface area contributed by atoms with E-state index in [-0.39, 0.29) is 5.91 Å². The fraction of sp³-hybridized carbons (Fsp3) is 0.667. The van der Waals surface area contributed by atoms with E-state index in [1.807, 2.05) is 18.2 Å². The van der Waals surface area contributed by atoms with Gasteiger partial charge in [0.25, 0.3) is 5.91 Å². The number of hydrogen-bond donors (Lipinski definition) is 0. The van der Waals surface area contributed by atoms with E-state index in [1.54, 1.807) is 6.20 Å². The van der Waals surface area contributed by atoms with Gasteiger partial charge in [0.15, 0.2) is 0 Å². The minimum absolute atomic E-state index is 0.103. The van der Waals surface area contributed by atoms with Gasteiger partial charge in [0.1, 0.15) is 5.69 Å². The van der Waals surface area contributed by atoms with Crippen LogP contribution in [0, 0.1) is 5.92 Å². The predicted octanol–water partition coefficient (Wildman–Crippen LogP) is 1.80. The molecular formula is C18H25N3O2. The number of ether oxygens (including phenoxy) is 1. The molecule has 4 heterocycles. The Morgan fingerprint density at radius 1 is 1.13 bits per heavy atom. The second-order valence-electron chi connectivity index (χ2n) is 6.98. The number of nitrogens with zero attached hydrogens (tertiary/aromatic N) is 3. The standard InChI is InChI=1S/C18H25N3O2/c22-18(15-3-1-2-8-19-15)21-10-5-16-17(21)4-9-20(16)13-14-6-11-23-12-7-14/h1-3,8,14,16-17H,4-7,9-13H2. The van der Waals surface area contributed by atoms with Crippen molar-refractivity contribution < 1.29 is 9.53 Å². The Hall–Kier alpha value is -1.46. The van der Waals surface area contributed by atoms with Crippen molar-refractivity contribution in [1.82, 2.24) is 14.8 Å². The van der Waals surface area contributed by atoms with Crippen LogP contribution in [0.25, 0.3) is 0 Å². The first-order chi connectivity index (χ1) is 11.3. The largest absolute Gasteiger partial charge is 0.381 e. The summed E-state index contributed by atoms with van der Waals surface area (Å²) in [5, 5.41) is 0. The summed E-state index contributed by atoms with van der Waals surface area (Å²) in [6.45, 7) is 5.00. The molecule has 1 aromatic rings. The van der Waals surface area contributed by atoms with Gasteiger partial charge < -0.3 is 9.64 Å². The summed E-state index contributed by atoms with van der Waals surface area (Å²) in [5.74, 6) is 0.869. The zero-order chi connectivity index (χ0) is 15.6. The lowest BCUT2D eigenvalue weighted by atomic mass is 9.99. The third-order valence-electron chi connectivity index (χ3n) is 5.67. The SMILES string of the molecule is O=C(c1ccccn1)N1CCC2C1CCN2CC1CCOCC1. The molecule has 1 aromatic heterocycles. The van der Waals surface area contributed by atoms with Crippen molar-refractivity contribution in [3.8, 4) is 0 Å². The number of fused-ring (bicyclic) bond motifs is 1. The lowest BCUT2D eigenvalue weighted by molar-refractivity contribution is 0.0502. The highest BCUT2D eigenvalue weighted by Gasteiger charge is 2.44. The fourth-order valence-corrected chi connectivity index (χ4v) is 4.45. The molecule has 0 spiro atoms. The Bertz CT molecular complexity index is 544. The van der Waals surface area contributed by atoms with Gasteiger partial charge in [-0.15, -0.1) is 0 Å². The quantitative estimate of drug-likeness (QED) is 0.853. The number of carbonyl (C=O) groups is 1. The highest BCUT2D eigenvalue weighted by atomic mass is 16.5.